The van der Waals surface area contributed by atoms with Crippen molar-refractivity contribution in [2.45, 2.75) is 37.5 Å². The predicted octanol–water partition coefficient (Wildman–Crippen LogP) is 4.00. The molecular formula is C33H34IN3O5. The Morgan fingerprint density at radius 2 is 1.76 bits per heavy atom. The zero-order valence-electron chi connectivity index (χ0n) is 23.1. The lowest BCUT2D eigenvalue weighted by molar-refractivity contribution is -0.137. The van der Waals surface area contributed by atoms with Crippen LogP contribution in [0.1, 0.15) is 17.7 Å². The first kappa shape index (κ1) is 29.8. The highest BCUT2D eigenvalue weighted by atomic mass is 127. The molecule has 4 aromatic rings. The van der Waals surface area contributed by atoms with Crippen LogP contribution in [0.5, 0.6) is 5.75 Å². The Labute approximate surface area is 258 Å². The van der Waals surface area contributed by atoms with E-state index in [0.717, 1.165) is 25.7 Å². The lowest BCUT2D eigenvalue weighted by atomic mass is 9.87. The van der Waals surface area contributed by atoms with Crippen molar-refractivity contribution in [3.8, 4) is 5.75 Å². The van der Waals surface area contributed by atoms with E-state index >= 15 is 0 Å². The van der Waals surface area contributed by atoms with E-state index in [0.29, 0.717) is 24.3 Å². The number of H-pyrrole nitrogens is 1. The van der Waals surface area contributed by atoms with Gasteiger partial charge in [-0.3, -0.25) is 9.59 Å². The summed E-state index contributed by atoms with van der Waals surface area (Å²) in [5.74, 6) is 0.0733. The fraction of sp³-hybridized carbons (Fsp3) is 0.273. The summed E-state index contributed by atoms with van der Waals surface area (Å²) in [6.45, 7) is 0.239. The molecule has 42 heavy (non-hydrogen) atoms. The van der Waals surface area contributed by atoms with Gasteiger partial charge in [0.2, 0.25) is 11.8 Å². The highest BCUT2D eigenvalue weighted by Gasteiger charge is 2.40. The molecule has 0 saturated heterocycles. The maximum absolute atomic E-state index is 13.9. The second-order valence-corrected chi connectivity index (χ2v) is 11.5. The van der Waals surface area contributed by atoms with Crippen LogP contribution in [0.2, 0.25) is 0 Å². The number of fused-ring (bicyclic) bond motifs is 1. The lowest BCUT2D eigenvalue weighted by Crippen LogP contribution is -2.56. The van der Waals surface area contributed by atoms with Crippen molar-refractivity contribution >= 4 is 45.3 Å². The fourth-order valence-corrected chi connectivity index (χ4v) is 5.84. The number of nitrogens with zero attached hydrogens (tertiary/aromatic N) is 1. The number of aromatic amines is 1. The number of aliphatic hydroxyl groups excluding tert-OH is 2. The molecule has 5 rings (SSSR count). The van der Waals surface area contributed by atoms with Gasteiger partial charge in [-0.1, -0.05) is 60.7 Å². The highest BCUT2D eigenvalue weighted by molar-refractivity contribution is 14.1. The van der Waals surface area contributed by atoms with E-state index in [1.165, 1.54) is 0 Å². The number of halogens is 1. The van der Waals surface area contributed by atoms with Crippen LogP contribution in [-0.2, 0) is 22.4 Å². The monoisotopic (exact) mass is 679 g/mol. The van der Waals surface area contributed by atoms with E-state index in [1.54, 1.807) is 11.0 Å². The summed E-state index contributed by atoms with van der Waals surface area (Å²) in [6, 6.07) is 26.3. The first-order valence-electron chi connectivity index (χ1n) is 14.0. The van der Waals surface area contributed by atoms with E-state index in [4.69, 9.17) is 4.74 Å². The van der Waals surface area contributed by atoms with E-state index < -0.39 is 18.2 Å². The molecule has 218 valence electrons. The highest BCUT2D eigenvalue weighted by Crippen LogP contribution is 2.30. The number of amides is 2. The SMILES string of the molecule is O=C(NCCO)C1=CC(Oc2ccccc2I)C(O)C(N(CCc2cc3ccccc3[nH]2)C(=O)Cc2ccccc2)C1. The first-order chi connectivity index (χ1) is 20.4. The van der Waals surface area contributed by atoms with Crippen LogP contribution in [0, 0.1) is 3.57 Å². The van der Waals surface area contributed by atoms with Crippen molar-refractivity contribution in [2.24, 2.45) is 0 Å². The molecule has 3 atom stereocenters. The zero-order chi connectivity index (χ0) is 29.5. The molecule has 4 N–H and O–H groups in total. The van der Waals surface area contributed by atoms with E-state index in [-0.39, 0.29) is 37.8 Å². The third-order valence-corrected chi connectivity index (χ3v) is 8.33. The van der Waals surface area contributed by atoms with Gasteiger partial charge in [-0.25, -0.2) is 0 Å². The molecule has 8 nitrogen and oxygen atoms in total. The van der Waals surface area contributed by atoms with Gasteiger partial charge in [0.05, 0.1) is 22.6 Å². The molecule has 0 spiro atoms. The molecule has 1 aliphatic rings. The number of aliphatic hydroxyl groups is 2. The molecule has 1 aliphatic carbocycles. The number of nitrogens with one attached hydrogen (secondary N) is 2. The molecule has 1 aromatic heterocycles. The van der Waals surface area contributed by atoms with Crippen molar-refractivity contribution in [3.63, 3.8) is 0 Å². The van der Waals surface area contributed by atoms with Crippen LogP contribution in [0.3, 0.4) is 0 Å². The number of carbonyl (C=O) groups excluding carboxylic acids is 2. The molecule has 0 bridgehead atoms. The molecule has 0 aliphatic heterocycles. The molecule has 0 radical (unpaired) electrons. The van der Waals surface area contributed by atoms with Crippen molar-refractivity contribution < 1.29 is 24.5 Å². The van der Waals surface area contributed by atoms with Gasteiger partial charge >= 0.3 is 0 Å². The summed E-state index contributed by atoms with van der Waals surface area (Å²) in [4.78, 5) is 32.1. The van der Waals surface area contributed by atoms with Crippen LogP contribution >= 0.6 is 22.6 Å². The van der Waals surface area contributed by atoms with Crippen LogP contribution in [0.4, 0.5) is 0 Å². The Kier molecular flexibility index (Phi) is 9.93. The Hall–Kier alpha value is -3.67. The fourth-order valence-electron chi connectivity index (χ4n) is 5.32. The third-order valence-electron chi connectivity index (χ3n) is 7.44. The summed E-state index contributed by atoms with van der Waals surface area (Å²) >= 11 is 2.17. The molecule has 0 fully saturated rings. The topological polar surface area (TPSA) is 115 Å². The van der Waals surface area contributed by atoms with Crippen LogP contribution < -0.4 is 10.1 Å². The normalized spacial score (nSPS) is 18.4. The summed E-state index contributed by atoms with van der Waals surface area (Å²) in [5, 5.41) is 24.8. The molecule has 3 aromatic carbocycles. The van der Waals surface area contributed by atoms with Gasteiger partial charge < -0.3 is 30.2 Å². The Morgan fingerprint density at radius 1 is 1.02 bits per heavy atom. The van der Waals surface area contributed by atoms with Gasteiger partial charge in [0, 0.05) is 42.7 Å². The van der Waals surface area contributed by atoms with Gasteiger partial charge in [-0.2, -0.15) is 0 Å². The van der Waals surface area contributed by atoms with E-state index in [1.807, 2.05) is 78.9 Å². The average molecular weight is 680 g/mol. The molecule has 3 unspecified atom stereocenters. The van der Waals surface area contributed by atoms with Gasteiger partial charge in [0.1, 0.15) is 18.0 Å². The number of para-hydroxylation sites is 2. The largest absolute Gasteiger partial charge is 0.482 e. The average Bonchev–Trinajstić information content (AvgIpc) is 3.42. The number of hydrogen-bond donors (Lipinski definition) is 4. The number of carbonyl (C=O) groups is 2. The lowest BCUT2D eigenvalue weighted by Gasteiger charge is -2.40. The molecular weight excluding hydrogens is 645 g/mol. The summed E-state index contributed by atoms with van der Waals surface area (Å²) < 4.78 is 7.12. The second kappa shape index (κ2) is 14.0. The Morgan fingerprint density at radius 3 is 2.52 bits per heavy atom. The zero-order valence-corrected chi connectivity index (χ0v) is 25.2. The van der Waals surface area contributed by atoms with Crippen LogP contribution in [-0.4, -0.2) is 69.9 Å². The molecule has 2 amide bonds. The number of benzene rings is 3. The second-order valence-electron chi connectivity index (χ2n) is 10.3. The standard InChI is InChI=1S/C33H34IN3O5/c34-26-11-5-7-13-29(26)42-30-21-24(33(41)35-15-17-38)20-28(32(30)40)37(31(39)18-22-8-2-1-3-9-22)16-14-25-19-23-10-4-6-12-27(23)36-25/h1-13,19,21,28,30,32,36,38,40H,14-18,20H2,(H,35,41). The third kappa shape index (κ3) is 7.21. The minimum Gasteiger partial charge on any atom is -0.482 e. The number of hydrogen-bond acceptors (Lipinski definition) is 5. The quantitative estimate of drug-likeness (QED) is 0.179. The summed E-state index contributed by atoms with van der Waals surface area (Å²) in [6.07, 6.45) is 0.532. The molecule has 9 heteroatoms. The van der Waals surface area contributed by atoms with Gasteiger partial charge in [-0.05, 0) is 63.9 Å². The maximum Gasteiger partial charge on any atom is 0.247 e. The van der Waals surface area contributed by atoms with Gasteiger partial charge in [0.15, 0.2) is 0 Å². The number of rotatable bonds is 11. The van der Waals surface area contributed by atoms with Crippen LogP contribution in [0.15, 0.2) is 96.6 Å². The summed E-state index contributed by atoms with van der Waals surface area (Å²) in [5.41, 5.74) is 3.26. The van der Waals surface area contributed by atoms with Crippen LogP contribution in [0.25, 0.3) is 10.9 Å². The van der Waals surface area contributed by atoms with E-state index in [9.17, 15) is 19.8 Å². The van der Waals surface area contributed by atoms with Crippen molar-refractivity contribution in [1.29, 1.82) is 0 Å². The molecule has 1 heterocycles. The van der Waals surface area contributed by atoms with Gasteiger partial charge in [0.25, 0.3) is 0 Å². The Balaban J connectivity index is 1.46. The minimum atomic E-state index is -1.09. The number of ether oxygens (including phenoxy) is 1. The maximum atomic E-state index is 13.9. The van der Waals surface area contributed by atoms with Crippen molar-refractivity contribution in [3.05, 3.63) is 111 Å². The van der Waals surface area contributed by atoms with Gasteiger partial charge in [-0.15, -0.1) is 0 Å². The smallest absolute Gasteiger partial charge is 0.247 e. The molecule has 0 saturated carbocycles. The first-order valence-corrected chi connectivity index (χ1v) is 15.1. The number of aromatic nitrogens is 1. The van der Waals surface area contributed by atoms with Crippen molar-refractivity contribution in [1.82, 2.24) is 15.2 Å². The van der Waals surface area contributed by atoms with E-state index in [2.05, 4.69) is 39.0 Å². The summed E-state index contributed by atoms with van der Waals surface area (Å²) in [7, 11) is 0. The predicted molar refractivity (Wildman–Crippen MR) is 170 cm³/mol. The van der Waals surface area contributed by atoms with Crippen molar-refractivity contribution in [2.75, 3.05) is 19.7 Å². The Bertz CT molecular complexity index is 1520. The minimum absolute atomic E-state index is 0.0997.